The molecule has 0 saturated heterocycles. The van der Waals surface area contributed by atoms with Gasteiger partial charge in [-0.05, 0) is 90.8 Å². The molecular formula is C13H7Br3INO. The van der Waals surface area contributed by atoms with Crippen LogP contribution >= 0.6 is 70.4 Å². The Morgan fingerprint density at radius 3 is 2.37 bits per heavy atom. The zero-order chi connectivity index (χ0) is 14.0. The van der Waals surface area contributed by atoms with E-state index in [1.165, 1.54) is 0 Å². The van der Waals surface area contributed by atoms with Crippen LogP contribution in [0, 0.1) is 3.57 Å². The van der Waals surface area contributed by atoms with E-state index >= 15 is 0 Å². The van der Waals surface area contributed by atoms with Crippen LogP contribution < -0.4 is 5.32 Å². The summed E-state index contributed by atoms with van der Waals surface area (Å²) < 4.78 is 3.68. The maximum Gasteiger partial charge on any atom is 0.256 e. The number of hydrogen-bond donors (Lipinski definition) is 1. The Kier molecular flexibility index (Phi) is 5.45. The lowest BCUT2D eigenvalue weighted by Gasteiger charge is -2.08. The molecule has 0 aliphatic rings. The van der Waals surface area contributed by atoms with Gasteiger partial charge in [-0.25, -0.2) is 0 Å². The molecule has 0 unspecified atom stereocenters. The molecule has 0 aliphatic heterocycles. The molecule has 0 bridgehead atoms. The summed E-state index contributed by atoms with van der Waals surface area (Å²) in [5.41, 5.74) is 1.36. The monoisotopic (exact) mass is 557 g/mol. The Bertz CT molecular complexity index is 646. The van der Waals surface area contributed by atoms with Gasteiger partial charge in [0.05, 0.1) is 5.56 Å². The van der Waals surface area contributed by atoms with Crippen LogP contribution in [-0.4, -0.2) is 5.91 Å². The van der Waals surface area contributed by atoms with Crippen molar-refractivity contribution in [3.8, 4) is 0 Å². The second-order valence-electron chi connectivity index (χ2n) is 3.71. The molecule has 0 heterocycles. The van der Waals surface area contributed by atoms with Crippen molar-refractivity contribution >= 4 is 82.0 Å². The van der Waals surface area contributed by atoms with E-state index in [1.807, 2.05) is 30.3 Å². The quantitative estimate of drug-likeness (QED) is 0.461. The van der Waals surface area contributed by atoms with Gasteiger partial charge < -0.3 is 5.32 Å². The molecule has 6 heteroatoms. The largest absolute Gasteiger partial charge is 0.322 e. The van der Waals surface area contributed by atoms with E-state index in [2.05, 4.69) is 75.7 Å². The fourth-order valence-electron chi connectivity index (χ4n) is 1.44. The van der Waals surface area contributed by atoms with E-state index in [0.29, 0.717) is 5.56 Å². The summed E-state index contributed by atoms with van der Waals surface area (Å²) in [6.07, 6.45) is 0. The average Bonchev–Trinajstić information content (AvgIpc) is 2.36. The van der Waals surface area contributed by atoms with Crippen LogP contribution in [0.2, 0.25) is 0 Å². The Morgan fingerprint density at radius 1 is 1.00 bits per heavy atom. The Morgan fingerprint density at radius 2 is 1.68 bits per heavy atom. The second kappa shape index (κ2) is 6.69. The van der Waals surface area contributed by atoms with E-state index in [4.69, 9.17) is 0 Å². The van der Waals surface area contributed by atoms with Gasteiger partial charge >= 0.3 is 0 Å². The number of carbonyl (C=O) groups excluding carboxylic acids is 1. The zero-order valence-corrected chi connectivity index (χ0v) is 16.3. The number of amides is 1. The minimum atomic E-state index is -0.147. The predicted molar refractivity (Wildman–Crippen MR) is 96.7 cm³/mol. The third kappa shape index (κ3) is 4.03. The summed E-state index contributed by atoms with van der Waals surface area (Å²) in [5, 5.41) is 2.88. The van der Waals surface area contributed by atoms with Gasteiger partial charge in [-0.15, -0.1) is 0 Å². The van der Waals surface area contributed by atoms with Crippen LogP contribution in [0.3, 0.4) is 0 Å². The molecule has 0 spiro atoms. The van der Waals surface area contributed by atoms with E-state index in [-0.39, 0.29) is 5.91 Å². The first-order valence-electron chi connectivity index (χ1n) is 5.19. The SMILES string of the molecule is O=C(Nc1ccc(Br)c(I)c1)c1cc(Br)ccc1Br. The van der Waals surface area contributed by atoms with Gasteiger partial charge in [0, 0.05) is 22.7 Å². The highest BCUT2D eigenvalue weighted by atomic mass is 127. The van der Waals surface area contributed by atoms with Crippen LogP contribution in [0.15, 0.2) is 49.8 Å². The number of nitrogens with one attached hydrogen (secondary N) is 1. The number of carbonyl (C=O) groups is 1. The van der Waals surface area contributed by atoms with Gasteiger partial charge in [0.2, 0.25) is 0 Å². The van der Waals surface area contributed by atoms with Crippen molar-refractivity contribution in [3.05, 3.63) is 58.9 Å². The molecular weight excluding hydrogens is 553 g/mol. The summed E-state index contributed by atoms with van der Waals surface area (Å²) in [7, 11) is 0. The molecule has 19 heavy (non-hydrogen) atoms. The number of anilines is 1. The number of halogens is 4. The normalized spacial score (nSPS) is 10.3. The topological polar surface area (TPSA) is 29.1 Å². The van der Waals surface area contributed by atoms with Crippen LogP contribution in [0.4, 0.5) is 5.69 Å². The maximum atomic E-state index is 12.2. The van der Waals surface area contributed by atoms with Crippen molar-refractivity contribution in [1.82, 2.24) is 0 Å². The minimum absolute atomic E-state index is 0.147. The molecule has 98 valence electrons. The molecule has 2 nitrogen and oxygen atoms in total. The van der Waals surface area contributed by atoms with Gasteiger partial charge in [0.25, 0.3) is 5.91 Å². The lowest BCUT2D eigenvalue weighted by atomic mass is 10.2. The summed E-state index contributed by atoms with van der Waals surface area (Å²) in [6, 6.07) is 11.2. The number of rotatable bonds is 2. The molecule has 0 aliphatic carbocycles. The van der Waals surface area contributed by atoms with Crippen LogP contribution in [-0.2, 0) is 0 Å². The molecule has 0 saturated carbocycles. The first-order chi connectivity index (χ1) is 8.97. The summed E-state index contributed by atoms with van der Waals surface area (Å²) in [5.74, 6) is -0.147. The molecule has 1 N–H and O–H groups in total. The molecule has 2 aromatic rings. The second-order valence-corrected chi connectivity index (χ2v) is 7.49. The zero-order valence-electron chi connectivity index (χ0n) is 9.38. The van der Waals surface area contributed by atoms with Gasteiger partial charge in [-0.3, -0.25) is 4.79 Å². The highest BCUT2D eigenvalue weighted by molar-refractivity contribution is 14.1. The summed E-state index contributed by atoms with van der Waals surface area (Å²) in [6.45, 7) is 0. The number of hydrogen-bond acceptors (Lipinski definition) is 1. The fraction of sp³-hybridized carbons (Fsp3) is 0. The standard InChI is InChI=1S/C13H7Br3INO/c14-7-1-3-10(15)9(5-7)13(19)18-8-2-4-11(16)12(17)6-8/h1-6H,(H,18,19). The third-order valence-corrected chi connectivity index (χ3v) is 5.86. The van der Waals surface area contributed by atoms with Crippen LogP contribution in [0.25, 0.3) is 0 Å². The van der Waals surface area contributed by atoms with E-state index < -0.39 is 0 Å². The molecule has 0 aromatic heterocycles. The van der Waals surface area contributed by atoms with Crippen molar-refractivity contribution in [2.45, 2.75) is 0 Å². The van der Waals surface area contributed by atoms with Crippen molar-refractivity contribution in [2.75, 3.05) is 5.32 Å². The smallest absolute Gasteiger partial charge is 0.256 e. The fourth-order valence-corrected chi connectivity index (χ4v) is 2.99. The first-order valence-corrected chi connectivity index (χ1v) is 8.64. The molecule has 0 radical (unpaired) electrons. The van der Waals surface area contributed by atoms with Crippen molar-refractivity contribution in [3.63, 3.8) is 0 Å². The molecule has 2 aromatic carbocycles. The molecule has 0 atom stereocenters. The van der Waals surface area contributed by atoms with Crippen LogP contribution in [0.1, 0.15) is 10.4 Å². The van der Waals surface area contributed by atoms with Gasteiger partial charge in [0.1, 0.15) is 0 Å². The molecule has 2 rings (SSSR count). The highest BCUT2D eigenvalue weighted by Crippen LogP contribution is 2.25. The first kappa shape index (κ1) is 15.5. The van der Waals surface area contributed by atoms with Crippen molar-refractivity contribution in [1.29, 1.82) is 0 Å². The van der Waals surface area contributed by atoms with Gasteiger partial charge in [-0.2, -0.15) is 0 Å². The van der Waals surface area contributed by atoms with E-state index in [1.54, 1.807) is 6.07 Å². The van der Waals surface area contributed by atoms with E-state index in [9.17, 15) is 4.79 Å². The lowest BCUT2D eigenvalue weighted by molar-refractivity contribution is 0.102. The molecule has 0 fully saturated rings. The van der Waals surface area contributed by atoms with E-state index in [0.717, 1.165) is 22.7 Å². The van der Waals surface area contributed by atoms with Crippen molar-refractivity contribution in [2.24, 2.45) is 0 Å². The Balaban J connectivity index is 2.25. The number of benzene rings is 2. The summed E-state index contributed by atoms with van der Waals surface area (Å²) >= 11 is 12.4. The lowest BCUT2D eigenvalue weighted by Crippen LogP contribution is -2.12. The Hall–Kier alpha value is 0.0800. The van der Waals surface area contributed by atoms with Gasteiger partial charge in [0.15, 0.2) is 0 Å². The molecule has 1 amide bonds. The van der Waals surface area contributed by atoms with Crippen LogP contribution in [0.5, 0.6) is 0 Å². The third-order valence-electron chi connectivity index (χ3n) is 2.35. The average molecular weight is 560 g/mol. The maximum absolute atomic E-state index is 12.2. The minimum Gasteiger partial charge on any atom is -0.322 e. The highest BCUT2D eigenvalue weighted by Gasteiger charge is 2.11. The van der Waals surface area contributed by atoms with Crippen molar-refractivity contribution < 1.29 is 4.79 Å². The Labute approximate surface area is 149 Å². The van der Waals surface area contributed by atoms with Gasteiger partial charge in [-0.1, -0.05) is 15.9 Å². The summed E-state index contributed by atoms with van der Waals surface area (Å²) in [4.78, 5) is 12.2. The predicted octanol–water partition coefficient (Wildman–Crippen LogP) is 5.83.